The Morgan fingerprint density at radius 3 is 2.93 bits per heavy atom. The average molecular weight is 240 g/mol. The lowest BCUT2D eigenvalue weighted by molar-refractivity contribution is -0.116. The average Bonchev–Trinajstić information content (AvgIpc) is 2.44. The summed E-state index contributed by atoms with van der Waals surface area (Å²) in [7, 11) is 0. The van der Waals surface area contributed by atoms with Crippen LogP contribution in [0.25, 0.3) is 10.2 Å². The Morgan fingerprint density at radius 2 is 2.27 bits per heavy atom. The van der Waals surface area contributed by atoms with Gasteiger partial charge in [0.15, 0.2) is 0 Å². The van der Waals surface area contributed by atoms with E-state index in [0.717, 1.165) is 20.8 Å². The molecule has 2 nitrogen and oxygen atoms in total. The smallest absolute Gasteiger partial charge is 0.134 e. The number of nitrogens with zero attached hydrogens (tertiary/aromatic N) is 1. The first-order valence-electron chi connectivity index (χ1n) is 4.61. The molecule has 0 aliphatic carbocycles. The van der Waals surface area contributed by atoms with Gasteiger partial charge in [-0.3, -0.25) is 4.79 Å². The van der Waals surface area contributed by atoms with E-state index in [4.69, 9.17) is 11.6 Å². The number of benzene rings is 1. The number of fused-ring (bicyclic) bond motifs is 1. The largest absolute Gasteiger partial charge is 0.300 e. The number of rotatable bonds is 2. The summed E-state index contributed by atoms with van der Waals surface area (Å²) in [5.41, 5.74) is 1.87. The maximum Gasteiger partial charge on any atom is 0.134 e. The van der Waals surface area contributed by atoms with Gasteiger partial charge in [0.05, 0.1) is 15.2 Å². The van der Waals surface area contributed by atoms with Gasteiger partial charge >= 0.3 is 0 Å². The number of aromatic nitrogens is 1. The van der Waals surface area contributed by atoms with Gasteiger partial charge in [-0.2, -0.15) is 0 Å². The van der Waals surface area contributed by atoms with Gasteiger partial charge in [0, 0.05) is 11.4 Å². The first kappa shape index (κ1) is 10.6. The van der Waals surface area contributed by atoms with Crippen LogP contribution in [0.1, 0.15) is 17.5 Å². The zero-order valence-electron chi connectivity index (χ0n) is 8.50. The minimum absolute atomic E-state index is 0.143. The molecule has 2 aromatic rings. The van der Waals surface area contributed by atoms with Gasteiger partial charge in [0.25, 0.3) is 0 Å². The molecule has 0 saturated carbocycles. The molecule has 0 atom stereocenters. The van der Waals surface area contributed by atoms with Crippen LogP contribution in [0, 0.1) is 6.92 Å². The van der Waals surface area contributed by atoms with Crippen LogP contribution in [0.2, 0.25) is 5.02 Å². The molecule has 0 amide bonds. The van der Waals surface area contributed by atoms with Crippen LogP contribution in [0.15, 0.2) is 12.1 Å². The van der Waals surface area contributed by atoms with E-state index in [1.54, 1.807) is 18.3 Å². The second kappa shape index (κ2) is 3.91. The van der Waals surface area contributed by atoms with E-state index in [0.29, 0.717) is 11.4 Å². The predicted molar refractivity (Wildman–Crippen MR) is 63.8 cm³/mol. The highest BCUT2D eigenvalue weighted by Gasteiger charge is 2.09. The van der Waals surface area contributed by atoms with Crippen LogP contribution >= 0.6 is 22.9 Å². The molecule has 0 saturated heterocycles. The van der Waals surface area contributed by atoms with E-state index in [1.807, 2.05) is 19.1 Å². The number of hydrogen-bond donors (Lipinski definition) is 0. The summed E-state index contributed by atoms with van der Waals surface area (Å²) in [6, 6.07) is 3.69. The lowest BCUT2D eigenvalue weighted by Crippen LogP contribution is -1.96. The molecule has 0 fully saturated rings. The highest BCUT2D eigenvalue weighted by atomic mass is 35.5. The van der Waals surface area contributed by atoms with Crippen molar-refractivity contribution in [2.75, 3.05) is 0 Å². The fraction of sp³-hybridized carbons (Fsp3) is 0.273. The van der Waals surface area contributed by atoms with E-state index < -0.39 is 0 Å². The molecule has 0 unspecified atom stereocenters. The zero-order chi connectivity index (χ0) is 11.0. The maximum atomic E-state index is 11.1. The Labute approximate surface area is 96.9 Å². The molecule has 1 aromatic heterocycles. The van der Waals surface area contributed by atoms with Gasteiger partial charge in [0.2, 0.25) is 0 Å². The third-order valence-electron chi connectivity index (χ3n) is 2.08. The van der Waals surface area contributed by atoms with E-state index in [1.165, 1.54) is 0 Å². The molecule has 4 heteroatoms. The van der Waals surface area contributed by atoms with E-state index in [9.17, 15) is 4.79 Å². The van der Waals surface area contributed by atoms with Crippen LogP contribution in [0.4, 0.5) is 0 Å². The summed E-state index contributed by atoms with van der Waals surface area (Å²) in [6.07, 6.45) is 0.429. The SMILES string of the molecule is CC(=O)Cc1cc(Cl)cc2nc(C)sc12. The Hall–Kier alpha value is -0.930. The number of aryl methyl sites for hydroxylation is 1. The Balaban J connectivity index is 2.64. The first-order valence-corrected chi connectivity index (χ1v) is 5.80. The van der Waals surface area contributed by atoms with Crippen LogP contribution in [0.5, 0.6) is 0 Å². The van der Waals surface area contributed by atoms with Gasteiger partial charge in [-0.05, 0) is 31.5 Å². The number of thiazole rings is 1. The van der Waals surface area contributed by atoms with Crippen molar-refractivity contribution in [3.05, 3.63) is 27.7 Å². The van der Waals surface area contributed by atoms with Crippen molar-refractivity contribution in [3.8, 4) is 0 Å². The highest BCUT2D eigenvalue weighted by Crippen LogP contribution is 2.29. The summed E-state index contributed by atoms with van der Waals surface area (Å²) >= 11 is 7.58. The predicted octanol–water partition coefficient (Wildman–Crippen LogP) is 3.39. The number of Topliss-reactive ketones (excluding diaryl/α,β-unsaturated/α-hetero) is 1. The zero-order valence-corrected chi connectivity index (χ0v) is 10.1. The van der Waals surface area contributed by atoms with E-state index >= 15 is 0 Å². The monoisotopic (exact) mass is 239 g/mol. The van der Waals surface area contributed by atoms with Crippen LogP contribution < -0.4 is 0 Å². The van der Waals surface area contributed by atoms with Gasteiger partial charge < -0.3 is 0 Å². The van der Waals surface area contributed by atoms with Gasteiger partial charge in [-0.15, -0.1) is 11.3 Å². The third kappa shape index (κ3) is 2.19. The molecule has 15 heavy (non-hydrogen) atoms. The van der Waals surface area contributed by atoms with Crippen molar-refractivity contribution < 1.29 is 4.79 Å². The standard InChI is InChI=1S/C11H10ClNOS/c1-6(14)3-8-4-9(12)5-10-11(8)15-7(2)13-10/h4-5H,3H2,1-2H3. The molecule has 1 heterocycles. The molecule has 2 rings (SSSR count). The van der Waals surface area contributed by atoms with E-state index in [-0.39, 0.29) is 5.78 Å². The van der Waals surface area contributed by atoms with Crippen molar-refractivity contribution in [2.24, 2.45) is 0 Å². The molecule has 0 aliphatic heterocycles. The summed E-state index contributed by atoms with van der Waals surface area (Å²) in [6.45, 7) is 3.54. The fourth-order valence-electron chi connectivity index (χ4n) is 1.57. The van der Waals surface area contributed by atoms with Gasteiger partial charge in [-0.25, -0.2) is 4.98 Å². The van der Waals surface area contributed by atoms with Crippen molar-refractivity contribution in [1.82, 2.24) is 4.98 Å². The lowest BCUT2D eigenvalue weighted by Gasteiger charge is -2.00. The summed E-state index contributed by atoms with van der Waals surface area (Å²) < 4.78 is 1.08. The normalized spacial score (nSPS) is 10.9. The molecule has 0 radical (unpaired) electrons. The van der Waals surface area contributed by atoms with Gasteiger partial charge in [0.1, 0.15) is 5.78 Å². The van der Waals surface area contributed by atoms with Gasteiger partial charge in [-0.1, -0.05) is 11.6 Å². The summed E-state index contributed by atoms with van der Waals surface area (Å²) in [5.74, 6) is 0.143. The van der Waals surface area contributed by atoms with Crippen molar-refractivity contribution >= 4 is 38.9 Å². The quantitative estimate of drug-likeness (QED) is 0.804. The van der Waals surface area contributed by atoms with Crippen molar-refractivity contribution in [1.29, 1.82) is 0 Å². The number of halogens is 1. The second-order valence-electron chi connectivity index (χ2n) is 3.52. The number of hydrogen-bond acceptors (Lipinski definition) is 3. The molecule has 0 aliphatic rings. The van der Waals surface area contributed by atoms with Crippen molar-refractivity contribution in [3.63, 3.8) is 0 Å². The van der Waals surface area contributed by atoms with Crippen molar-refractivity contribution in [2.45, 2.75) is 20.3 Å². The molecule has 0 bridgehead atoms. The number of carbonyl (C=O) groups excluding carboxylic acids is 1. The molecule has 1 aromatic carbocycles. The molecule has 78 valence electrons. The number of carbonyl (C=O) groups is 1. The Bertz CT molecular complexity index is 533. The second-order valence-corrected chi connectivity index (χ2v) is 5.16. The lowest BCUT2D eigenvalue weighted by atomic mass is 10.1. The number of ketones is 1. The first-order chi connectivity index (χ1) is 7.06. The summed E-state index contributed by atoms with van der Waals surface area (Å²) in [5, 5.41) is 1.64. The highest BCUT2D eigenvalue weighted by molar-refractivity contribution is 7.18. The maximum absolute atomic E-state index is 11.1. The minimum Gasteiger partial charge on any atom is -0.300 e. The van der Waals surface area contributed by atoms with Crippen LogP contribution in [-0.2, 0) is 11.2 Å². The third-order valence-corrected chi connectivity index (χ3v) is 3.36. The summed E-state index contributed by atoms with van der Waals surface area (Å²) in [4.78, 5) is 15.5. The molecule has 0 spiro atoms. The Kier molecular flexibility index (Phi) is 2.76. The molecule has 0 N–H and O–H groups in total. The minimum atomic E-state index is 0.143. The van der Waals surface area contributed by atoms with Crippen LogP contribution in [-0.4, -0.2) is 10.8 Å². The Morgan fingerprint density at radius 1 is 1.53 bits per heavy atom. The van der Waals surface area contributed by atoms with E-state index in [2.05, 4.69) is 4.98 Å². The molecular weight excluding hydrogens is 230 g/mol. The van der Waals surface area contributed by atoms with Crippen LogP contribution in [0.3, 0.4) is 0 Å². The molecular formula is C11H10ClNOS. The topological polar surface area (TPSA) is 30.0 Å². The fourth-order valence-corrected chi connectivity index (χ4v) is 2.72.